The molecule has 1 saturated heterocycles. The van der Waals surface area contributed by atoms with Crippen molar-refractivity contribution in [3.05, 3.63) is 64.7 Å². The average molecular weight is 518 g/mol. The lowest BCUT2D eigenvalue weighted by atomic mass is 10.2. The highest BCUT2D eigenvalue weighted by molar-refractivity contribution is 5.93. The van der Waals surface area contributed by atoms with E-state index in [0.29, 0.717) is 34.0 Å². The number of likely N-dealkylation sites (tertiary alicyclic amines) is 1. The summed E-state index contributed by atoms with van der Waals surface area (Å²) >= 11 is 0. The molecule has 0 atom stereocenters. The van der Waals surface area contributed by atoms with Gasteiger partial charge >= 0.3 is 0 Å². The zero-order valence-corrected chi connectivity index (χ0v) is 21.7. The topological polar surface area (TPSA) is 102 Å². The van der Waals surface area contributed by atoms with Crippen molar-refractivity contribution in [2.45, 2.75) is 19.3 Å². The van der Waals surface area contributed by atoms with Gasteiger partial charge in [0.15, 0.2) is 11.6 Å². The minimum atomic E-state index is -0.626. The number of nitrogens with two attached hydrogens (primary N) is 1. The van der Waals surface area contributed by atoms with Crippen LogP contribution in [0.2, 0.25) is 0 Å². The van der Waals surface area contributed by atoms with Gasteiger partial charge in [-0.05, 0) is 50.6 Å². The van der Waals surface area contributed by atoms with Crippen LogP contribution in [0.3, 0.4) is 0 Å². The second-order valence-electron chi connectivity index (χ2n) is 9.46. The van der Waals surface area contributed by atoms with E-state index in [1.807, 2.05) is 42.5 Å². The van der Waals surface area contributed by atoms with Crippen molar-refractivity contribution < 1.29 is 13.9 Å². The Bertz CT molecular complexity index is 1490. The number of likely N-dealkylation sites (N-methyl/N-ethyl adjacent to an activating group) is 1. The molecule has 1 aliphatic heterocycles. The van der Waals surface area contributed by atoms with E-state index in [2.05, 4.69) is 32.1 Å². The Labute approximate surface area is 220 Å². The number of methoxy groups -OCH3 is 1. The van der Waals surface area contributed by atoms with Crippen LogP contribution in [-0.4, -0.2) is 65.7 Å². The third kappa shape index (κ3) is 5.26. The van der Waals surface area contributed by atoms with E-state index in [1.54, 1.807) is 7.11 Å². The van der Waals surface area contributed by atoms with E-state index < -0.39 is 11.7 Å². The molecule has 1 amide bonds. The lowest BCUT2D eigenvalue weighted by Crippen LogP contribution is -2.32. The molecule has 10 heteroatoms. The van der Waals surface area contributed by atoms with E-state index in [1.165, 1.54) is 23.6 Å². The van der Waals surface area contributed by atoms with Crippen LogP contribution in [0.25, 0.3) is 18.0 Å². The summed E-state index contributed by atoms with van der Waals surface area (Å²) in [5, 5.41) is 4.43. The fourth-order valence-electron chi connectivity index (χ4n) is 4.92. The minimum Gasteiger partial charge on any atom is -0.495 e. The second-order valence-corrected chi connectivity index (χ2v) is 9.46. The van der Waals surface area contributed by atoms with Crippen molar-refractivity contribution >= 4 is 35.4 Å². The number of benzene rings is 1. The molecule has 38 heavy (non-hydrogen) atoms. The van der Waals surface area contributed by atoms with Gasteiger partial charge in [-0.15, -0.1) is 0 Å². The first kappa shape index (κ1) is 25.5. The molecule has 1 aliphatic carbocycles. The second kappa shape index (κ2) is 11.1. The molecule has 0 saturated carbocycles. The fraction of sp³-hybridized carbons (Fsp3) is 0.321. The number of carbonyl (C=O) groups is 1. The van der Waals surface area contributed by atoms with Gasteiger partial charge in [-0.1, -0.05) is 18.2 Å². The van der Waals surface area contributed by atoms with Gasteiger partial charge in [0.2, 0.25) is 5.95 Å². The van der Waals surface area contributed by atoms with Crippen LogP contribution in [0.4, 0.5) is 21.7 Å². The number of rotatable bonds is 9. The number of anilines is 3. The average Bonchev–Trinajstić information content (AvgIpc) is 3.50. The fourth-order valence-corrected chi connectivity index (χ4v) is 4.92. The Morgan fingerprint density at radius 2 is 2.11 bits per heavy atom. The van der Waals surface area contributed by atoms with Gasteiger partial charge in [0.25, 0.3) is 5.91 Å². The van der Waals surface area contributed by atoms with Crippen LogP contribution in [-0.2, 0) is 0 Å². The molecular weight excluding hydrogens is 485 g/mol. The van der Waals surface area contributed by atoms with Gasteiger partial charge in [0, 0.05) is 43.3 Å². The van der Waals surface area contributed by atoms with Crippen LogP contribution in [0.5, 0.6) is 5.75 Å². The number of amides is 1. The maximum Gasteiger partial charge on any atom is 0.250 e. The monoisotopic (exact) mass is 517 g/mol. The van der Waals surface area contributed by atoms with E-state index in [9.17, 15) is 9.18 Å². The van der Waals surface area contributed by atoms with Gasteiger partial charge in [-0.2, -0.15) is 4.98 Å². The molecule has 0 unspecified atom stereocenters. The normalized spacial score (nSPS) is 14.8. The third-order valence-corrected chi connectivity index (χ3v) is 6.95. The molecule has 9 nitrogen and oxygen atoms in total. The van der Waals surface area contributed by atoms with Gasteiger partial charge < -0.3 is 25.6 Å². The van der Waals surface area contributed by atoms with Crippen molar-refractivity contribution in [2.24, 2.45) is 5.73 Å². The van der Waals surface area contributed by atoms with Crippen molar-refractivity contribution in [3.63, 3.8) is 0 Å². The number of halogens is 1. The molecule has 3 aromatic rings. The number of hydrogen-bond donors (Lipinski definition) is 2. The number of fused-ring (bicyclic) bond motifs is 1. The number of carbonyl (C=O) groups excluding carboxylic acids is 1. The van der Waals surface area contributed by atoms with E-state index in [0.717, 1.165) is 38.1 Å². The summed E-state index contributed by atoms with van der Waals surface area (Å²) in [6.45, 7) is 4.23. The quantitative estimate of drug-likeness (QED) is 0.449. The van der Waals surface area contributed by atoms with Crippen LogP contribution >= 0.6 is 0 Å². The summed E-state index contributed by atoms with van der Waals surface area (Å²) in [6, 6.07) is 5.77. The van der Waals surface area contributed by atoms with Gasteiger partial charge in [0.05, 0.1) is 29.9 Å². The van der Waals surface area contributed by atoms with Crippen LogP contribution in [0, 0.1) is 5.82 Å². The first-order chi connectivity index (χ1) is 18.4. The van der Waals surface area contributed by atoms with Crippen LogP contribution < -0.4 is 31.3 Å². The highest BCUT2D eigenvalue weighted by atomic mass is 19.1. The summed E-state index contributed by atoms with van der Waals surface area (Å²) in [4.78, 5) is 25.3. The summed E-state index contributed by atoms with van der Waals surface area (Å²) in [7, 11) is 3.69. The maximum absolute atomic E-state index is 15.0. The van der Waals surface area contributed by atoms with E-state index in [4.69, 9.17) is 10.5 Å². The maximum atomic E-state index is 15.0. The van der Waals surface area contributed by atoms with Gasteiger partial charge in [-0.3, -0.25) is 9.36 Å². The SMILES string of the molecule is COc1cc(Nc2ncc(F)c(-n3cc(C(N)=O)c4c3=CC=CCC=4)n2)ccc1N(C)CCN1CCCC1. The molecule has 2 aromatic heterocycles. The molecule has 198 valence electrons. The summed E-state index contributed by atoms with van der Waals surface area (Å²) < 4.78 is 22.2. The number of ether oxygens (including phenoxy) is 1. The Kier molecular flexibility index (Phi) is 7.41. The molecule has 1 fully saturated rings. The zero-order valence-electron chi connectivity index (χ0n) is 21.7. The van der Waals surface area contributed by atoms with Crippen molar-refractivity contribution in [1.82, 2.24) is 19.4 Å². The smallest absolute Gasteiger partial charge is 0.250 e. The van der Waals surface area contributed by atoms with E-state index in [-0.39, 0.29) is 11.8 Å². The Balaban J connectivity index is 1.41. The molecule has 3 heterocycles. The van der Waals surface area contributed by atoms with Gasteiger partial charge in [0.1, 0.15) is 5.75 Å². The van der Waals surface area contributed by atoms with E-state index >= 15 is 0 Å². The number of nitrogens with one attached hydrogen (secondary N) is 1. The lowest BCUT2D eigenvalue weighted by molar-refractivity contribution is 0.0999. The zero-order chi connectivity index (χ0) is 26.6. The number of aromatic nitrogens is 3. The van der Waals surface area contributed by atoms with Crippen LogP contribution in [0.15, 0.2) is 42.7 Å². The van der Waals surface area contributed by atoms with Crippen molar-refractivity contribution in [1.29, 1.82) is 0 Å². The Morgan fingerprint density at radius 3 is 2.87 bits per heavy atom. The molecule has 5 rings (SSSR count). The van der Waals surface area contributed by atoms with Crippen molar-refractivity contribution in [2.75, 3.05) is 50.6 Å². The minimum absolute atomic E-state index is 0.0106. The highest BCUT2D eigenvalue weighted by Crippen LogP contribution is 2.31. The standard InChI is InChI=1S/C28H32FN7O2/c1-34(14-15-35-12-6-7-13-35)24-11-10-19(16-25(24)38-2)32-28-31-17-22(29)27(33-28)36-18-21(26(30)37)20-8-4-3-5-9-23(20)36/h3,5,8-11,16-18H,4,6-7,12-15H2,1-2H3,(H2,30,37)(H,31,32,33). The lowest BCUT2D eigenvalue weighted by Gasteiger charge is -2.25. The molecule has 1 aromatic carbocycles. The molecule has 2 aliphatic rings. The molecule has 0 bridgehead atoms. The Morgan fingerprint density at radius 1 is 1.29 bits per heavy atom. The summed E-state index contributed by atoms with van der Waals surface area (Å²) in [5.41, 5.74) is 7.58. The first-order valence-corrected chi connectivity index (χ1v) is 12.7. The first-order valence-electron chi connectivity index (χ1n) is 12.7. The molecule has 0 radical (unpaired) electrons. The van der Waals surface area contributed by atoms with Gasteiger partial charge in [-0.25, -0.2) is 9.37 Å². The molecule has 0 spiro atoms. The number of hydrogen-bond acceptors (Lipinski definition) is 7. The predicted molar refractivity (Wildman–Crippen MR) is 147 cm³/mol. The highest BCUT2D eigenvalue weighted by Gasteiger charge is 2.18. The number of primary amides is 1. The number of allylic oxidation sites excluding steroid dienone is 2. The molecular formula is C28H32FN7O2. The third-order valence-electron chi connectivity index (χ3n) is 6.95. The van der Waals surface area contributed by atoms with Crippen molar-refractivity contribution in [3.8, 4) is 11.6 Å². The number of nitrogens with zero attached hydrogens (tertiary/aromatic N) is 5. The van der Waals surface area contributed by atoms with Crippen LogP contribution in [0.1, 0.15) is 29.6 Å². The largest absolute Gasteiger partial charge is 0.495 e. The summed E-state index contributed by atoms with van der Waals surface area (Å²) in [5.74, 6) is -0.290. The Hall–Kier alpha value is -4.18. The predicted octanol–water partition coefficient (Wildman–Crippen LogP) is 2.31. The summed E-state index contributed by atoms with van der Waals surface area (Å²) in [6.07, 6.45) is 13.3. The molecule has 3 N–H and O–H groups in total.